The predicted molar refractivity (Wildman–Crippen MR) is 94.9 cm³/mol. The molecule has 2 heterocycles. The Kier molecular flexibility index (Phi) is 5.36. The van der Waals surface area contributed by atoms with Crippen molar-refractivity contribution in [2.24, 2.45) is 0 Å². The summed E-state index contributed by atoms with van der Waals surface area (Å²) in [6.07, 6.45) is 5.03. The van der Waals surface area contributed by atoms with E-state index in [2.05, 4.69) is 15.3 Å². The summed E-state index contributed by atoms with van der Waals surface area (Å²) in [5.74, 6) is 0.290. The Hall–Kier alpha value is -2.79. The van der Waals surface area contributed by atoms with Gasteiger partial charge in [-0.3, -0.25) is 9.97 Å². The largest absolute Gasteiger partial charge is 0.453 e. The number of nitrogens with one attached hydrogen (secondary N) is 1. The third-order valence-corrected chi connectivity index (χ3v) is 3.88. The first-order valence-corrected chi connectivity index (χ1v) is 8.14. The number of hydrogen-bond acceptors (Lipinski definition) is 4. The van der Waals surface area contributed by atoms with Gasteiger partial charge in [-0.05, 0) is 55.3 Å². The lowest BCUT2D eigenvalue weighted by molar-refractivity contribution is 0.438. The van der Waals surface area contributed by atoms with Gasteiger partial charge in [0.2, 0.25) is 0 Å². The number of pyridine rings is 2. The van der Waals surface area contributed by atoms with Gasteiger partial charge in [0.15, 0.2) is 11.6 Å². The van der Waals surface area contributed by atoms with E-state index in [0.717, 1.165) is 16.8 Å². The fourth-order valence-corrected chi connectivity index (χ4v) is 2.38. The van der Waals surface area contributed by atoms with Crippen molar-refractivity contribution in [2.75, 3.05) is 0 Å². The van der Waals surface area contributed by atoms with Crippen LogP contribution < -0.4 is 10.1 Å². The maximum atomic E-state index is 14.3. The van der Waals surface area contributed by atoms with E-state index >= 15 is 0 Å². The first-order chi connectivity index (χ1) is 12.1. The molecular formula is C20H20FN3O. The molecule has 0 spiro atoms. The molecule has 0 aliphatic carbocycles. The van der Waals surface area contributed by atoms with Gasteiger partial charge in [0.25, 0.3) is 0 Å². The van der Waals surface area contributed by atoms with E-state index in [1.807, 2.05) is 38.2 Å². The van der Waals surface area contributed by atoms with Gasteiger partial charge >= 0.3 is 0 Å². The summed E-state index contributed by atoms with van der Waals surface area (Å²) in [6, 6.07) is 12.5. The fourth-order valence-electron chi connectivity index (χ4n) is 2.38. The quantitative estimate of drug-likeness (QED) is 0.716. The number of benzene rings is 1. The van der Waals surface area contributed by atoms with E-state index in [0.29, 0.717) is 12.3 Å². The Labute approximate surface area is 146 Å². The van der Waals surface area contributed by atoms with Gasteiger partial charge < -0.3 is 10.1 Å². The SMILES string of the molecule is Cc1ccc(CN[C@@H](C)c2ccc(Oc3cccnc3)c(F)c2)nc1. The van der Waals surface area contributed by atoms with Crippen LogP contribution in [0.5, 0.6) is 11.5 Å². The standard InChI is InChI=1S/C20H20FN3O/c1-14-5-7-17(24-11-14)12-23-15(2)16-6-8-20(19(21)10-16)25-18-4-3-9-22-13-18/h3-11,13,15,23H,12H2,1-2H3/t15-/m0/s1. The molecule has 2 aromatic heterocycles. The molecule has 5 heteroatoms. The van der Waals surface area contributed by atoms with Crippen molar-refractivity contribution in [1.82, 2.24) is 15.3 Å². The Bertz CT molecular complexity index is 822. The summed E-state index contributed by atoms with van der Waals surface area (Å²) < 4.78 is 19.8. The first-order valence-electron chi connectivity index (χ1n) is 8.14. The van der Waals surface area contributed by atoms with Crippen molar-refractivity contribution in [3.8, 4) is 11.5 Å². The molecule has 1 aromatic carbocycles. The predicted octanol–water partition coefficient (Wildman–Crippen LogP) is 4.57. The number of hydrogen-bond donors (Lipinski definition) is 1. The van der Waals surface area contributed by atoms with E-state index < -0.39 is 5.82 Å². The number of aryl methyl sites for hydroxylation is 1. The minimum Gasteiger partial charge on any atom is -0.453 e. The van der Waals surface area contributed by atoms with E-state index in [4.69, 9.17) is 4.74 Å². The van der Waals surface area contributed by atoms with E-state index in [1.54, 1.807) is 30.6 Å². The van der Waals surface area contributed by atoms with Crippen molar-refractivity contribution in [1.29, 1.82) is 0 Å². The van der Waals surface area contributed by atoms with Crippen molar-refractivity contribution < 1.29 is 9.13 Å². The summed E-state index contributed by atoms with van der Waals surface area (Å²) in [5, 5.41) is 3.35. The number of aromatic nitrogens is 2. The Morgan fingerprint density at radius 3 is 2.72 bits per heavy atom. The summed E-state index contributed by atoms with van der Waals surface area (Å²) in [5.41, 5.74) is 2.93. The molecule has 0 aliphatic rings. The van der Waals surface area contributed by atoms with Crippen LogP contribution in [0.4, 0.5) is 4.39 Å². The lowest BCUT2D eigenvalue weighted by Gasteiger charge is -2.15. The molecule has 0 fully saturated rings. The lowest BCUT2D eigenvalue weighted by Crippen LogP contribution is -2.18. The fraction of sp³-hybridized carbons (Fsp3) is 0.200. The molecule has 0 saturated carbocycles. The highest BCUT2D eigenvalue weighted by Crippen LogP contribution is 2.26. The van der Waals surface area contributed by atoms with Crippen LogP contribution >= 0.6 is 0 Å². The Morgan fingerprint density at radius 2 is 2.04 bits per heavy atom. The third-order valence-electron chi connectivity index (χ3n) is 3.88. The first kappa shape index (κ1) is 17.0. The van der Waals surface area contributed by atoms with Gasteiger partial charge in [0.05, 0.1) is 11.9 Å². The number of rotatable bonds is 6. The average molecular weight is 337 g/mol. The van der Waals surface area contributed by atoms with E-state index in [1.165, 1.54) is 6.07 Å². The van der Waals surface area contributed by atoms with Crippen molar-refractivity contribution >= 4 is 0 Å². The van der Waals surface area contributed by atoms with Crippen LogP contribution in [0, 0.1) is 12.7 Å². The summed E-state index contributed by atoms with van der Waals surface area (Å²) in [6.45, 7) is 4.62. The van der Waals surface area contributed by atoms with Crippen LogP contribution in [0.15, 0.2) is 61.1 Å². The van der Waals surface area contributed by atoms with E-state index in [9.17, 15) is 4.39 Å². The van der Waals surface area contributed by atoms with Gasteiger partial charge in [-0.2, -0.15) is 0 Å². The van der Waals surface area contributed by atoms with Crippen molar-refractivity contribution in [3.63, 3.8) is 0 Å². The van der Waals surface area contributed by atoms with Crippen molar-refractivity contribution in [2.45, 2.75) is 26.4 Å². The molecular weight excluding hydrogens is 317 g/mol. The summed E-state index contributed by atoms with van der Waals surface area (Å²) in [4.78, 5) is 8.31. The minimum absolute atomic E-state index is 0.00922. The van der Waals surface area contributed by atoms with Crippen LogP contribution in [-0.2, 0) is 6.54 Å². The highest BCUT2D eigenvalue weighted by Gasteiger charge is 2.11. The molecule has 0 unspecified atom stereocenters. The normalized spacial score (nSPS) is 12.0. The van der Waals surface area contributed by atoms with Gasteiger partial charge in [-0.25, -0.2) is 4.39 Å². The number of nitrogens with zero attached hydrogens (tertiary/aromatic N) is 2. The third kappa shape index (κ3) is 4.61. The molecule has 0 aliphatic heterocycles. The number of halogens is 1. The maximum absolute atomic E-state index is 14.3. The monoisotopic (exact) mass is 337 g/mol. The molecule has 3 rings (SSSR count). The van der Waals surface area contributed by atoms with Gasteiger partial charge in [-0.15, -0.1) is 0 Å². The molecule has 128 valence electrons. The van der Waals surface area contributed by atoms with E-state index in [-0.39, 0.29) is 11.8 Å². The van der Waals surface area contributed by atoms with Crippen LogP contribution in [0.2, 0.25) is 0 Å². The molecule has 0 bridgehead atoms. The topological polar surface area (TPSA) is 47.0 Å². The Morgan fingerprint density at radius 1 is 1.16 bits per heavy atom. The van der Waals surface area contributed by atoms with Crippen molar-refractivity contribution in [3.05, 3.63) is 83.7 Å². The zero-order chi connectivity index (χ0) is 17.6. The zero-order valence-corrected chi connectivity index (χ0v) is 14.2. The second kappa shape index (κ2) is 7.85. The summed E-state index contributed by atoms with van der Waals surface area (Å²) >= 11 is 0. The molecule has 1 atom stereocenters. The highest BCUT2D eigenvalue weighted by atomic mass is 19.1. The maximum Gasteiger partial charge on any atom is 0.166 e. The van der Waals surface area contributed by atoms with Crippen LogP contribution in [0.1, 0.15) is 29.8 Å². The summed E-state index contributed by atoms with van der Waals surface area (Å²) in [7, 11) is 0. The van der Waals surface area contributed by atoms with Crippen LogP contribution in [-0.4, -0.2) is 9.97 Å². The molecule has 0 saturated heterocycles. The van der Waals surface area contributed by atoms with Crippen LogP contribution in [0.3, 0.4) is 0 Å². The second-order valence-corrected chi connectivity index (χ2v) is 5.91. The average Bonchev–Trinajstić information content (AvgIpc) is 2.63. The molecule has 0 radical (unpaired) electrons. The van der Waals surface area contributed by atoms with Gasteiger partial charge in [0, 0.05) is 25.0 Å². The molecule has 3 aromatic rings. The molecule has 0 amide bonds. The zero-order valence-electron chi connectivity index (χ0n) is 14.2. The lowest BCUT2D eigenvalue weighted by atomic mass is 10.1. The smallest absolute Gasteiger partial charge is 0.166 e. The molecule has 25 heavy (non-hydrogen) atoms. The molecule has 1 N–H and O–H groups in total. The minimum atomic E-state index is -0.400. The second-order valence-electron chi connectivity index (χ2n) is 5.91. The molecule has 4 nitrogen and oxygen atoms in total. The van der Waals surface area contributed by atoms with Crippen LogP contribution in [0.25, 0.3) is 0 Å². The number of ether oxygens (including phenoxy) is 1. The van der Waals surface area contributed by atoms with Gasteiger partial charge in [-0.1, -0.05) is 12.1 Å². The Balaban J connectivity index is 1.64. The highest BCUT2D eigenvalue weighted by molar-refractivity contribution is 5.34. The van der Waals surface area contributed by atoms with Gasteiger partial charge in [0.1, 0.15) is 5.75 Å².